The highest BCUT2D eigenvalue weighted by atomic mass is 32.1. The number of fused-ring (bicyclic) bond motifs is 2. The van der Waals surface area contributed by atoms with Crippen LogP contribution >= 0.6 is 11.3 Å². The Morgan fingerprint density at radius 3 is 2.78 bits per heavy atom. The van der Waals surface area contributed by atoms with E-state index in [1.54, 1.807) is 69.3 Å². The Morgan fingerprint density at radius 2 is 2.00 bits per heavy atom. The predicted molar refractivity (Wildman–Crippen MR) is 148 cm³/mol. The van der Waals surface area contributed by atoms with E-state index in [4.69, 9.17) is 18.6 Å². The summed E-state index contributed by atoms with van der Waals surface area (Å²) in [6.07, 6.45) is 1.60. The molecule has 0 bridgehead atoms. The second-order valence-electron chi connectivity index (χ2n) is 9.32. The molecule has 2 aromatic heterocycles. The van der Waals surface area contributed by atoms with Gasteiger partial charge in [-0.2, -0.15) is 0 Å². The summed E-state index contributed by atoms with van der Waals surface area (Å²) in [7, 11) is 0. The molecular formula is C29H23N3O8S. The minimum Gasteiger partial charge on any atom is -0.463 e. The number of carbonyl (C=O) groups excluding carboxylic acids is 1. The third-order valence-corrected chi connectivity index (χ3v) is 7.88. The molecule has 12 heteroatoms. The van der Waals surface area contributed by atoms with E-state index in [9.17, 15) is 19.7 Å². The van der Waals surface area contributed by atoms with Gasteiger partial charge in [0.15, 0.2) is 16.3 Å². The number of esters is 1. The van der Waals surface area contributed by atoms with Crippen LogP contribution in [0.4, 0.5) is 5.69 Å². The summed E-state index contributed by atoms with van der Waals surface area (Å²) in [4.78, 5) is 42.9. The number of aromatic nitrogens is 1. The van der Waals surface area contributed by atoms with Gasteiger partial charge in [-0.3, -0.25) is 19.5 Å². The zero-order chi connectivity index (χ0) is 28.8. The minimum atomic E-state index is -0.804. The van der Waals surface area contributed by atoms with E-state index in [-0.39, 0.29) is 30.2 Å². The number of furan rings is 1. The summed E-state index contributed by atoms with van der Waals surface area (Å²) < 4.78 is 24.1. The third kappa shape index (κ3) is 4.51. The molecule has 4 heterocycles. The number of nitro benzene ring substituents is 1. The van der Waals surface area contributed by atoms with E-state index < -0.39 is 16.9 Å². The lowest BCUT2D eigenvalue weighted by Gasteiger charge is -2.24. The largest absolute Gasteiger partial charge is 0.463 e. The number of hydrogen-bond donors (Lipinski definition) is 0. The standard InChI is InChI=1S/C29H23N3O8S/c1-4-37-28(34)25-16(3)30-29-31(26(25)17-8-10-22-23(12-17)39-14-38-22)27(33)24(41-29)13-18-9-11-21(40-18)19-6-5-7-20(15(19)2)32(35)36/h5-13,26H,4,14H2,1-3H3/b24-13-/t26-/m1/s1. The average molecular weight is 574 g/mol. The SMILES string of the molecule is CCOC(=O)C1=C(C)N=c2s/c(=C\c3ccc(-c4cccc([N+](=O)[O-])c4C)o3)c(=O)n2[C@@H]1c1ccc2c(c1)OCO2. The van der Waals surface area contributed by atoms with Gasteiger partial charge in [-0.05, 0) is 50.6 Å². The molecule has 0 N–H and O–H groups in total. The second kappa shape index (κ2) is 10.2. The molecule has 0 unspecified atom stereocenters. The number of ether oxygens (including phenoxy) is 3. The summed E-state index contributed by atoms with van der Waals surface area (Å²) in [5.74, 6) is 1.35. The fraction of sp³-hybridized carbons (Fsp3) is 0.207. The summed E-state index contributed by atoms with van der Waals surface area (Å²) in [6, 6.07) is 12.6. The van der Waals surface area contributed by atoms with Crippen LogP contribution in [0.2, 0.25) is 0 Å². The third-order valence-electron chi connectivity index (χ3n) is 6.90. The van der Waals surface area contributed by atoms with Crippen LogP contribution in [-0.2, 0) is 9.53 Å². The molecule has 0 fully saturated rings. The molecular weight excluding hydrogens is 550 g/mol. The fourth-order valence-corrected chi connectivity index (χ4v) is 6.01. The number of carbonyl (C=O) groups is 1. The number of allylic oxidation sites excluding steroid dienone is 1. The van der Waals surface area contributed by atoms with Gasteiger partial charge in [0, 0.05) is 23.3 Å². The zero-order valence-electron chi connectivity index (χ0n) is 22.2. The normalized spacial score (nSPS) is 16.0. The smallest absolute Gasteiger partial charge is 0.338 e. The molecule has 2 aliphatic rings. The number of nitrogens with zero attached hydrogens (tertiary/aromatic N) is 3. The van der Waals surface area contributed by atoms with Gasteiger partial charge >= 0.3 is 5.97 Å². The van der Waals surface area contributed by atoms with Crippen LogP contribution in [0, 0.1) is 17.0 Å². The van der Waals surface area contributed by atoms with Crippen molar-refractivity contribution in [2.75, 3.05) is 13.4 Å². The van der Waals surface area contributed by atoms with Crippen LogP contribution in [0.25, 0.3) is 17.4 Å². The Morgan fingerprint density at radius 1 is 1.20 bits per heavy atom. The second-order valence-corrected chi connectivity index (χ2v) is 10.3. The van der Waals surface area contributed by atoms with Crippen LogP contribution in [0.3, 0.4) is 0 Å². The van der Waals surface area contributed by atoms with E-state index in [0.717, 1.165) is 11.3 Å². The summed E-state index contributed by atoms with van der Waals surface area (Å²) >= 11 is 1.16. The Kier molecular flexibility index (Phi) is 6.54. The molecule has 2 aliphatic heterocycles. The maximum absolute atomic E-state index is 13.9. The van der Waals surface area contributed by atoms with E-state index in [1.165, 1.54) is 10.6 Å². The number of benzene rings is 2. The van der Waals surface area contributed by atoms with Crippen LogP contribution in [0.1, 0.15) is 36.8 Å². The number of nitro groups is 1. The van der Waals surface area contributed by atoms with Gasteiger partial charge in [-0.1, -0.05) is 29.5 Å². The van der Waals surface area contributed by atoms with Crippen molar-refractivity contribution in [3.05, 3.63) is 106 Å². The van der Waals surface area contributed by atoms with Gasteiger partial charge in [0.25, 0.3) is 11.2 Å². The van der Waals surface area contributed by atoms with Crippen LogP contribution in [-0.4, -0.2) is 28.9 Å². The van der Waals surface area contributed by atoms with Gasteiger partial charge in [-0.15, -0.1) is 0 Å². The molecule has 1 atom stereocenters. The van der Waals surface area contributed by atoms with Crippen LogP contribution in [0.15, 0.2) is 74.0 Å². The van der Waals surface area contributed by atoms with Crippen molar-refractivity contribution >= 4 is 29.1 Å². The van der Waals surface area contributed by atoms with E-state index in [1.807, 2.05) is 0 Å². The maximum Gasteiger partial charge on any atom is 0.338 e. The van der Waals surface area contributed by atoms with E-state index in [0.29, 0.717) is 54.7 Å². The fourth-order valence-electron chi connectivity index (χ4n) is 4.98. The van der Waals surface area contributed by atoms with Crippen molar-refractivity contribution in [3.63, 3.8) is 0 Å². The summed E-state index contributed by atoms with van der Waals surface area (Å²) in [5.41, 5.74) is 2.02. The van der Waals surface area contributed by atoms with Gasteiger partial charge in [0.1, 0.15) is 11.5 Å². The summed E-state index contributed by atoms with van der Waals surface area (Å²) in [5, 5.41) is 11.4. The quantitative estimate of drug-likeness (QED) is 0.192. The first-order chi connectivity index (χ1) is 19.8. The van der Waals surface area contributed by atoms with Crippen molar-refractivity contribution in [3.8, 4) is 22.8 Å². The van der Waals surface area contributed by atoms with Gasteiger partial charge in [0.05, 0.1) is 33.4 Å². The highest BCUT2D eigenvalue weighted by molar-refractivity contribution is 7.07. The van der Waals surface area contributed by atoms with Gasteiger partial charge < -0.3 is 18.6 Å². The molecule has 41 heavy (non-hydrogen) atoms. The molecule has 6 rings (SSSR count). The highest BCUT2D eigenvalue weighted by Crippen LogP contribution is 2.38. The number of hydrogen-bond acceptors (Lipinski definition) is 10. The van der Waals surface area contributed by atoms with Crippen LogP contribution in [0.5, 0.6) is 11.5 Å². The molecule has 2 aromatic carbocycles. The topological polar surface area (TPSA) is 135 Å². The Hall–Kier alpha value is -4.97. The first-order valence-electron chi connectivity index (χ1n) is 12.7. The van der Waals surface area contributed by atoms with Gasteiger partial charge in [-0.25, -0.2) is 9.79 Å². The first-order valence-corrected chi connectivity index (χ1v) is 13.5. The Balaban J connectivity index is 1.47. The Bertz CT molecular complexity index is 1950. The lowest BCUT2D eigenvalue weighted by molar-refractivity contribution is -0.385. The minimum absolute atomic E-state index is 0.00921. The highest BCUT2D eigenvalue weighted by Gasteiger charge is 2.34. The zero-order valence-corrected chi connectivity index (χ0v) is 23.0. The first kappa shape index (κ1) is 26.3. The molecule has 0 saturated carbocycles. The maximum atomic E-state index is 13.9. The molecule has 0 saturated heterocycles. The predicted octanol–water partition coefficient (Wildman–Crippen LogP) is 4.00. The molecule has 0 spiro atoms. The van der Waals surface area contributed by atoms with Crippen molar-refractivity contribution in [1.82, 2.24) is 4.57 Å². The van der Waals surface area contributed by atoms with Crippen molar-refractivity contribution in [2.45, 2.75) is 26.8 Å². The van der Waals surface area contributed by atoms with Crippen LogP contribution < -0.4 is 24.4 Å². The lowest BCUT2D eigenvalue weighted by Crippen LogP contribution is -2.39. The molecule has 0 aliphatic carbocycles. The monoisotopic (exact) mass is 573 g/mol. The van der Waals surface area contributed by atoms with Crippen molar-refractivity contribution in [2.24, 2.45) is 4.99 Å². The molecule has 208 valence electrons. The number of rotatable bonds is 6. The van der Waals surface area contributed by atoms with Crippen molar-refractivity contribution < 1.29 is 28.3 Å². The van der Waals surface area contributed by atoms with E-state index in [2.05, 4.69) is 4.99 Å². The number of thiazole rings is 1. The van der Waals surface area contributed by atoms with Crippen molar-refractivity contribution in [1.29, 1.82) is 0 Å². The molecule has 4 aromatic rings. The molecule has 0 radical (unpaired) electrons. The molecule has 0 amide bonds. The lowest BCUT2D eigenvalue weighted by atomic mass is 9.95. The summed E-state index contributed by atoms with van der Waals surface area (Å²) in [6.45, 7) is 5.34. The molecule has 11 nitrogen and oxygen atoms in total. The van der Waals surface area contributed by atoms with E-state index >= 15 is 0 Å². The average Bonchev–Trinajstić information content (AvgIpc) is 3.67. The Labute approximate surface area is 236 Å². The van der Waals surface area contributed by atoms with Gasteiger partial charge in [0.2, 0.25) is 6.79 Å².